The number of carbonyl (C=O) groups excluding carboxylic acids is 1. The van der Waals surface area contributed by atoms with E-state index in [1.807, 2.05) is 9.47 Å². The zero-order valence-corrected chi connectivity index (χ0v) is 10.2. The smallest absolute Gasteiger partial charge is 0.274 e. The Morgan fingerprint density at radius 3 is 2.76 bits per heavy atom. The van der Waals surface area contributed by atoms with Crippen LogP contribution in [-0.4, -0.2) is 65.0 Å². The predicted molar refractivity (Wildman–Crippen MR) is 64.7 cm³/mol. The molecule has 6 nitrogen and oxygen atoms in total. The van der Waals surface area contributed by atoms with Crippen LogP contribution in [0.25, 0.3) is 0 Å². The number of rotatable bonds is 3. The fraction of sp³-hybridized carbons (Fsp3) is 0.636. The van der Waals surface area contributed by atoms with Gasteiger partial charge >= 0.3 is 0 Å². The highest BCUT2D eigenvalue weighted by atomic mass is 16.2. The average molecular weight is 237 g/mol. The zero-order chi connectivity index (χ0) is 12.3. The van der Waals surface area contributed by atoms with E-state index in [4.69, 9.17) is 5.73 Å². The van der Waals surface area contributed by atoms with Gasteiger partial charge in [0, 0.05) is 45.5 Å². The Bertz CT molecular complexity index is 381. The minimum Gasteiger partial charge on any atom is -0.335 e. The molecule has 0 radical (unpaired) electrons. The van der Waals surface area contributed by atoms with Crippen LogP contribution < -0.4 is 5.73 Å². The van der Waals surface area contributed by atoms with E-state index < -0.39 is 0 Å². The van der Waals surface area contributed by atoms with Crippen molar-refractivity contribution in [3.05, 3.63) is 18.2 Å². The third kappa shape index (κ3) is 2.83. The lowest BCUT2D eigenvalue weighted by Gasteiger charge is -2.31. The summed E-state index contributed by atoms with van der Waals surface area (Å²) in [5.41, 5.74) is 5.97. The molecular formula is C11H19N5O. The maximum atomic E-state index is 12.1. The molecule has 1 aliphatic heterocycles. The van der Waals surface area contributed by atoms with Crippen LogP contribution in [0, 0.1) is 0 Å². The van der Waals surface area contributed by atoms with Crippen molar-refractivity contribution in [3.63, 3.8) is 0 Å². The highest BCUT2D eigenvalue weighted by molar-refractivity contribution is 5.92. The van der Waals surface area contributed by atoms with Crippen LogP contribution >= 0.6 is 0 Å². The van der Waals surface area contributed by atoms with Crippen LogP contribution in [0.3, 0.4) is 0 Å². The molecule has 0 unspecified atom stereocenters. The van der Waals surface area contributed by atoms with Crippen molar-refractivity contribution in [2.45, 2.75) is 6.54 Å². The molecule has 1 aromatic heterocycles. The monoisotopic (exact) mass is 237 g/mol. The summed E-state index contributed by atoms with van der Waals surface area (Å²) >= 11 is 0. The minimum absolute atomic E-state index is 0.0221. The largest absolute Gasteiger partial charge is 0.335 e. The van der Waals surface area contributed by atoms with Crippen molar-refractivity contribution >= 4 is 5.91 Å². The van der Waals surface area contributed by atoms with Crippen molar-refractivity contribution in [2.75, 3.05) is 39.8 Å². The summed E-state index contributed by atoms with van der Waals surface area (Å²) in [7, 11) is 2.07. The lowest BCUT2D eigenvalue weighted by molar-refractivity contribution is 0.0658. The molecule has 0 aliphatic carbocycles. The van der Waals surface area contributed by atoms with Crippen LogP contribution in [0.5, 0.6) is 0 Å². The number of amides is 1. The Morgan fingerprint density at radius 1 is 1.41 bits per heavy atom. The van der Waals surface area contributed by atoms with E-state index in [2.05, 4.69) is 16.9 Å². The molecule has 1 saturated heterocycles. The van der Waals surface area contributed by atoms with Crippen LogP contribution in [0.1, 0.15) is 10.5 Å². The van der Waals surface area contributed by atoms with Crippen LogP contribution in [-0.2, 0) is 6.54 Å². The maximum absolute atomic E-state index is 12.1. The number of nitrogens with two attached hydrogens (primary N) is 1. The zero-order valence-electron chi connectivity index (χ0n) is 10.2. The number of hydrogen-bond acceptors (Lipinski definition) is 4. The van der Waals surface area contributed by atoms with Gasteiger partial charge in [-0.05, 0) is 7.05 Å². The van der Waals surface area contributed by atoms with Gasteiger partial charge in [0.25, 0.3) is 5.91 Å². The number of hydrogen-bond donors (Lipinski definition) is 1. The summed E-state index contributed by atoms with van der Waals surface area (Å²) in [5, 5.41) is 0. The van der Waals surface area contributed by atoms with E-state index in [1.54, 1.807) is 12.5 Å². The van der Waals surface area contributed by atoms with Gasteiger partial charge in [-0.25, -0.2) is 4.98 Å². The standard InChI is InChI=1S/C11H19N5O/c1-14-4-6-16(7-5-14)11(17)10-8-15(3-2-12)9-13-10/h8-9H,2-7,12H2,1H3. The fourth-order valence-corrected chi connectivity index (χ4v) is 1.91. The Morgan fingerprint density at radius 2 is 2.12 bits per heavy atom. The first kappa shape index (κ1) is 12.1. The molecule has 1 fully saturated rings. The molecule has 2 heterocycles. The van der Waals surface area contributed by atoms with Crippen LogP contribution in [0.15, 0.2) is 12.5 Å². The third-order valence-corrected chi connectivity index (χ3v) is 3.03. The molecule has 1 aromatic rings. The van der Waals surface area contributed by atoms with Gasteiger partial charge in [-0.1, -0.05) is 0 Å². The van der Waals surface area contributed by atoms with Crippen molar-refractivity contribution in [1.82, 2.24) is 19.4 Å². The average Bonchev–Trinajstić information content (AvgIpc) is 2.78. The van der Waals surface area contributed by atoms with Crippen molar-refractivity contribution in [3.8, 4) is 0 Å². The molecule has 1 amide bonds. The Hall–Kier alpha value is -1.40. The summed E-state index contributed by atoms with van der Waals surface area (Å²) < 4.78 is 1.85. The number of imidazole rings is 1. The second-order valence-electron chi connectivity index (χ2n) is 4.38. The van der Waals surface area contributed by atoms with Gasteiger partial charge in [-0.2, -0.15) is 0 Å². The molecule has 0 atom stereocenters. The van der Waals surface area contributed by atoms with E-state index in [0.717, 1.165) is 26.2 Å². The summed E-state index contributed by atoms with van der Waals surface area (Å²) in [6.07, 6.45) is 3.43. The summed E-state index contributed by atoms with van der Waals surface area (Å²) in [6.45, 7) is 4.66. The number of aromatic nitrogens is 2. The maximum Gasteiger partial charge on any atom is 0.274 e. The molecule has 2 rings (SSSR count). The lowest BCUT2D eigenvalue weighted by Crippen LogP contribution is -2.47. The van der Waals surface area contributed by atoms with Crippen LogP contribution in [0.2, 0.25) is 0 Å². The lowest BCUT2D eigenvalue weighted by atomic mass is 10.3. The quantitative estimate of drug-likeness (QED) is 0.749. The van der Waals surface area contributed by atoms with Gasteiger partial charge < -0.3 is 20.1 Å². The Balaban J connectivity index is 1.98. The SMILES string of the molecule is CN1CCN(C(=O)c2cn(CCN)cn2)CC1. The van der Waals surface area contributed by atoms with Gasteiger partial charge in [-0.15, -0.1) is 0 Å². The number of carbonyl (C=O) groups is 1. The highest BCUT2D eigenvalue weighted by Gasteiger charge is 2.21. The third-order valence-electron chi connectivity index (χ3n) is 3.03. The van der Waals surface area contributed by atoms with Crippen molar-refractivity contribution in [2.24, 2.45) is 5.73 Å². The van der Waals surface area contributed by atoms with E-state index >= 15 is 0 Å². The Kier molecular flexibility index (Phi) is 3.75. The van der Waals surface area contributed by atoms with Gasteiger partial charge in [-0.3, -0.25) is 4.79 Å². The van der Waals surface area contributed by atoms with Crippen LogP contribution in [0.4, 0.5) is 0 Å². The molecule has 17 heavy (non-hydrogen) atoms. The van der Waals surface area contributed by atoms with Crippen molar-refractivity contribution in [1.29, 1.82) is 0 Å². The van der Waals surface area contributed by atoms with Gasteiger partial charge in [0.1, 0.15) is 5.69 Å². The molecule has 1 aliphatic rings. The molecular weight excluding hydrogens is 218 g/mol. The predicted octanol–water partition coefficient (Wildman–Crippen LogP) is -0.771. The van der Waals surface area contributed by atoms with Crippen molar-refractivity contribution < 1.29 is 4.79 Å². The highest BCUT2D eigenvalue weighted by Crippen LogP contribution is 2.06. The molecule has 0 saturated carbocycles. The number of likely N-dealkylation sites (N-methyl/N-ethyl adjacent to an activating group) is 1. The van der Waals surface area contributed by atoms with Gasteiger partial charge in [0.2, 0.25) is 0 Å². The molecule has 94 valence electrons. The number of nitrogens with zero attached hydrogens (tertiary/aromatic N) is 4. The second-order valence-corrected chi connectivity index (χ2v) is 4.38. The second kappa shape index (κ2) is 5.29. The summed E-state index contributed by atoms with van der Waals surface area (Å²) in [6, 6.07) is 0. The molecule has 0 bridgehead atoms. The van der Waals surface area contributed by atoms with Gasteiger partial charge in [0.05, 0.1) is 6.33 Å². The molecule has 0 aromatic carbocycles. The molecule has 6 heteroatoms. The van der Waals surface area contributed by atoms with E-state index in [-0.39, 0.29) is 5.91 Å². The topological polar surface area (TPSA) is 67.4 Å². The van der Waals surface area contributed by atoms with E-state index in [0.29, 0.717) is 18.8 Å². The first-order chi connectivity index (χ1) is 8.20. The minimum atomic E-state index is 0.0221. The molecule has 0 spiro atoms. The normalized spacial score (nSPS) is 17.4. The summed E-state index contributed by atoms with van der Waals surface area (Å²) in [4.78, 5) is 20.3. The van der Waals surface area contributed by atoms with E-state index in [9.17, 15) is 4.79 Å². The first-order valence-corrected chi connectivity index (χ1v) is 5.90. The fourth-order valence-electron chi connectivity index (χ4n) is 1.91. The summed E-state index contributed by atoms with van der Waals surface area (Å²) in [5.74, 6) is 0.0221. The molecule has 2 N–H and O–H groups in total. The Labute approximate surface area is 101 Å². The van der Waals surface area contributed by atoms with Gasteiger partial charge in [0.15, 0.2) is 0 Å². The first-order valence-electron chi connectivity index (χ1n) is 5.90. The number of piperazine rings is 1. The van der Waals surface area contributed by atoms with E-state index in [1.165, 1.54) is 0 Å².